The topological polar surface area (TPSA) is 52.0 Å². The van der Waals surface area contributed by atoms with Gasteiger partial charge in [0.15, 0.2) is 0 Å². The van der Waals surface area contributed by atoms with Crippen LogP contribution in [0.5, 0.6) is 5.75 Å². The number of nitrogens with zero attached hydrogens (tertiary/aromatic N) is 3. The zero-order valence-electron chi connectivity index (χ0n) is 12.9. The van der Waals surface area contributed by atoms with Crippen LogP contribution in [0.4, 0.5) is 0 Å². The Morgan fingerprint density at radius 3 is 2.67 bits per heavy atom. The van der Waals surface area contributed by atoms with Crippen LogP contribution in [0.2, 0.25) is 5.02 Å². The molecular formula is C15H21ClN4O. The Bertz CT molecular complexity index is 604. The summed E-state index contributed by atoms with van der Waals surface area (Å²) in [5, 5.41) is 11.9. The minimum atomic E-state index is 0.0770. The molecular weight excluding hydrogens is 288 g/mol. The molecule has 1 N–H and O–H groups in total. The van der Waals surface area contributed by atoms with E-state index in [4.69, 9.17) is 16.3 Å². The van der Waals surface area contributed by atoms with Crippen molar-refractivity contribution in [1.29, 1.82) is 0 Å². The molecule has 0 saturated carbocycles. The van der Waals surface area contributed by atoms with Gasteiger partial charge in [-0.1, -0.05) is 22.9 Å². The molecule has 5 nitrogen and oxygen atoms in total. The number of hydrogen-bond acceptors (Lipinski definition) is 4. The first-order valence-electron chi connectivity index (χ1n) is 6.85. The van der Waals surface area contributed by atoms with Crippen LogP contribution in [0.3, 0.4) is 0 Å². The predicted molar refractivity (Wildman–Crippen MR) is 83.4 cm³/mol. The van der Waals surface area contributed by atoms with Gasteiger partial charge in [-0.05, 0) is 38.5 Å². The van der Waals surface area contributed by atoms with Crippen molar-refractivity contribution in [1.82, 2.24) is 20.3 Å². The van der Waals surface area contributed by atoms with Crippen LogP contribution in [-0.2, 0) is 20.2 Å². The SMILES string of the molecule is Cn1cc(COc2ccc(CNC(C)(C)C)cc2Cl)nn1. The number of aryl methyl sites for hydroxylation is 1. The summed E-state index contributed by atoms with van der Waals surface area (Å²) < 4.78 is 7.31. The molecule has 0 spiro atoms. The molecule has 2 rings (SSSR count). The smallest absolute Gasteiger partial charge is 0.138 e. The molecule has 0 fully saturated rings. The highest BCUT2D eigenvalue weighted by Crippen LogP contribution is 2.26. The molecule has 6 heteroatoms. The van der Waals surface area contributed by atoms with Gasteiger partial charge < -0.3 is 10.1 Å². The maximum Gasteiger partial charge on any atom is 0.138 e. The van der Waals surface area contributed by atoms with Gasteiger partial charge in [0, 0.05) is 19.1 Å². The van der Waals surface area contributed by atoms with Gasteiger partial charge in [0.2, 0.25) is 0 Å². The number of halogens is 1. The highest BCUT2D eigenvalue weighted by Gasteiger charge is 2.10. The van der Waals surface area contributed by atoms with Crippen LogP contribution >= 0.6 is 11.6 Å². The predicted octanol–water partition coefficient (Wildman–Crippen LogP) is 2.94. The molecule has 1 heterocycles. The van der Waals surface area contributed by atoms with Crippen LogP contribution in [0.25, 0.3) is 0 Å². The van der Waals surface area contributed by atoms with Crippen LogP contribution in [0.1, 0.15) is 32.0 Å². The van der Waals surface area contributed by atoms with Crippen LogP contribution < -0.4 is 10.1 Å². The van der Waals surface area contributed by atoms with E-state index in [-0.39, 0.29) is 5.54 Å². The summed E-state index contributed by atoms with van der Waals surface area (Å²) in [7, 11) is 1.82. The van der Waals surface area contributed by atoms with E-state index in [2.05, 4.69) is 36.4 Å². The summed E-state index contributed by atoms with van der Waals surface area (Å²) in [5.74, 6) is 0.654. The zero-order chi connectivity index (χ0) is 15.5. The highest BCUT2D eigenvalue weighted by molar-refractivity contribution is 6.32. The minimum absolute atomic E-state index is 0.0770. The Hall–Kier alpha value is -1.59. The van der Waals surface area contributed by atoms with Crippen LogP contribution in [0.15, 0.2) is 24.4 Å². The number of hydrogen-bond donors (Lipinski definition) is 1. The molecule has 1 aromatic heterocycles. The van der Waals surface area contributed by atoms with E-state index in [0.29, 0.717) is 17.4 Å². The van der Waals surface area contributed by atoms with Crippen LogP contribution in [0, 0.1) is 0 Å². The quantitative estimate of drug-likeness (QED) is 0.922. The standard InChI is InChI=1S/C15H21ClN4O/c1-15(2,3)17-8-11-5-6-14(13(16)7-11)21-10-12-9-20(4)19-18-12/h5-7,9,17H,8,10H2,1-4H3. The second-order valence-corrected chi connectivity index (χ2v) is 6.45. The van der Waals surface area contributed by atoms with E-state index in [0.717, 1.165) is 17.8 Å². The van der Waals surface area contributed by atoms with Crippen molar-refractivity contribution in [3.8, 4) is 5.75 Å². The Kier molecular flexibility index (Phi) is 4.85. The minimum Gasteiger partial charge on any atom is -0.486 e. The number of ether oxygens (including phenoxy) is 1. The first kappa shape index (κ1) is 15.8. The summed E-state index contributed by atoms with van der Waals surface area (Å²) >= 11 is 6.26. The van der Waals surface area contributed by atoms with Crippen molar-refractivity contribution < 1.29 is 4.74 Å². The lowest BCUT2D eigenvalue weighted by molar-refractivity contribution is 0.301. The fourth-order valence-electron chi connectivity index (χ4n) is 1.75. The molecule has 2 aromatic rings. The van der Waals surface area contributed by atoms with Gasteiger partial charge in [0.1, 0.15) is 18.1 Å². The van der Waals surface area contributed by atoms with Crippen molar-refractivity contribution in [2.75, 3.05) is 0 Å². The lowest BCUT2D eigenvalue weighted by Gasteiger charge is -2.20. The first-order valence-corrected chi connectivity index (χ1v) is 7.23. The third-order valence-electron chi connectivity index (χ3n) is 2.84. The molecule has 0 aliphatic carbocycles. The van der Waals surface area contributed by atoms with Gasteiger partial charge in [-0.2, -0.15) is 0 Å². The largest absolute Gasteiger partial charge is 0.486 e. The molecule has 0 radical (unpaired) electrons. The molecule has 0 saturated heterocycles. The number of aromatic nitrogens is 3. The highest BCUT2D eigenvalue weighted by atomic mass is 35.5. The average molecular weight is 309 g/mol. The normalized spacial score (nSPS) is 11.7. The van der Waals surface area contributed by atoms with E-state index in [1.54, 1.807) is 4.68 Å². The van der Waals surface area contributed by atoms with Gasteiger partial charge in [0.25, 0.3) is 0 Å². The average Bonchev–Trinajstić information content (AvgIpc) is 2.80. The molecule has 0 bridgehead atoms. The molecule has 1 aromatic carbocycles. The monoisotopic (exact) mass is 308 g/mol. The van der Waals surface area contributed by atoms with E-state index >= 15 is 0 Å². The Morgan fingerprint density at radius 1 is 1.33 bits per heavy atom. The fraction of sp³-hybridized carbons (Fsp3) is 0.467. The van der Waals surface area contributed by atoms with Crippen molar-refractivity contribution >= 4 is 11.6 Å². The second kappa shape index (κ2) is 6.45. The third kappa shape index (κ3) is 5.02. The number of nitrogens with one attached hydrogen (secondary N) is 1. The second-order valence-electron chi connectivity index (χ2n) is 6.04. The van der Waals surface area contributed by atoms with Crippen molar-refractivity contribution in [2.24, 2.45) is 7.05 Å². The fourth-order valence-corrected chi connectivity index (χ4v) is 2.01. The molecule has 114 valence electrons. The molecule has 0 unspecified atom stereocenters. The third-order valence-corrected chi connectivity index (χ3v) is 3.14. The molecule has 0 aliphatic rings. The summed E-state index contributed by atoms with van der Waals surface area (Å²) in [6.07, 6.45) is 1.82. The van der Waals surface area contributed by atoms with Crippen molar-refractivity contribution in [3.63, 3.8) is 0 Å². The maximum atomic E-state index is 6.26. The van der Waals surface area contributed by atoms with Crippen LogP contribution in [-0.4, -0.2) is 20.5 Å². The lowest BCUT2D eigenvalue weighted by Crippen LogP contribution is -2.35. The van der Waals surface area contributed by atoms with E-state index < -0.39 is 0 Å². The molecule has 0 aliphatic heterocycles. The van der Waals surface area contributed by atoms with E-state index in [9.17, 15) is 0 Å². The lowest BCUT2D eigenvalue weighted by atomic mass is 10.1. The van der Waals surface area contributed by atoms with Crippen molar-refractivity contribution in [3.05, 3.63) is 40.7 Å². The van der Waals surface area contributed by atoms with Crippen molar-refractivity contribution in [2.45, 2.75) is 39.5 Å². The zero-order valence-corrected chi connectivity index (χ0v) is 13.6. The summed E-state index contributed by atoms with van der Waals surface area (Å²) in [5.41, 5.74) is 1.97. The van der Waals surface area contributed by atoms with Gasteiger partial charge in [-0.15, -0.1) is 5.10 Å². The number of rotatable bonds is 5. The van der Waals surface area contributed by atoms with Gasteiger partial charge >= 0.3 is 0 Å². The molecule has 0 atom stereocenters. The molecule has 0 amide bonds. The Balaban J connectivity index is 1.95. The number of benzene rings is 1. The first-order chi connectivity index (χ1) is 9.83. The molecule has 21 heavy (non-hydrogen) atoms. The summed E-state index contributed by atoms with van der Waals surface area (Å²) in [6.45, 7) is 7.52. The summed E-state index contributed by atoms with van der Waals surface area (Å²) in [4.78, 5) is 0. The van der Waals surface area contributed by atoms with Gasteiger partial charge in [-0.25, -0.2) is 0 Å². The van der Waals surface area contributed by atoms with Gasteiger partial charge in [0.05, 0.1) is 11.2 Å². The van der Waals surface area contributed by atoms with E-state index in [1.807, 2.05) is 31.4 Å². The maximum absolute atomic E-state index is 6.26. The summed E-state index contributed by atoms with van der Waals surface area (Å²) in [6, 6.07) is 5.82. The Morgan fingerprint density at radius 2 is 2.10 bits per heavy atom. The Labute approximate surface area is 130 Å². The van der Waals surface area contributed by atoms with Gasteiger partial charge in [-0.3, -0.25) is 4.68 Å². The van der Waals surface area contributed by atoms with E-state index in [1.165, 1.54) is 0 Å².